The van der Waals surface area contributed by atoms with Crippen molar-refractivity contribution in [2.75, 3.05) is 6.54 Å². The van der Waals surface area contributed by atoms with Crippen molar-refractivity contribution in [3.05, 3.63) is 35.6 Å². The first kappa shape index (κ1) is 14.5. The summed E-state index contributed by atoms with van der Waals surface area (Å²) in [6.45, 7) is 5.54. The van der Waals surface area contributed by atoms with Crippen LogP contribution in [-0.4, -0.2) is 12.6 Å². The highest BCUT2D eigenvalue weighted by atomic mass is 19.1. The molecule has 1 N–H and O–H groups in total. The Morgan fingerprint density at radius 2 is 2.05 bits per heavy atom. The summed E-state index contributed by atoms with van der Waals surface area (Å²) in [7, 11) is 0. The summed E-state index contributed by atoms with van der Waals surface area (Å²) in [5.74, 6) is 1.57. The fourth-order valence-electron chi connectivity index (χ4n) is 3.13. The average molecular weight is 263 g/mol. The molecule has 1 aromatic rings. The van der Waals surface area contributed by atoms with E-state index in [4.69, 9.17) is 0 Å². The Morgan fingerprint density at radius 3 is 2.79 bits per heavy atom. The van der Waals surface area contributed by atoms with Crippen LogP contribution in [0.1, 0.15) is 45.1 Å². The van der Waals surface area contributed by atoms with Gasteiger partial charge in [0.15, 0.2) is 0 Å². The molecule has 1 fully saturated rings. The van der Waals surface area contributed by atoms with E-state index in [0.29, 0.717) is 6.04 Å². The predicted molar refractivity (Wildman–Crippen MR) is 78.7 cm³/mol. The van der Waals surface area contributed by atoms with Gasteiger partial charge in [-0.25, -0.2) is 4.39 Å². The molecule has 1 saturated carbocycles. The van der Waals surface area contributed by atoms with E-state index in [2.05, 4.69) is 19.2 Å². The lowest BCUT2D eigenvalue weighted by molar-refractivity contribution is 0.232. The van der Waals surface area contributed by atoms with Crippen molar-refractivity contribution in [2.24, 2.45) is 11.8 Å². The normalized spacial score (nSPS) is 23.8. The van der Waals surface area contributed by atoms with Gasteiger partial charge in [0.2, 0.25) is 0 Å². The monoisotopic (exact) mass is 263 g/mol. The van der Waals surface area contributed by atoms with E-state index in [1.54, 1.807) is 12.1 Å². The van der Waals surface area contributed by atoms with Gasteiger partial charge in [-0.05, 0) is 49.3 Å². The molecule has 0 saturated heterocycles. The van der Waals surface area contributed by atoms with E-state index in [1.807, 2.05) is 12.1 Å². The van der Waals surface area contributed by atoms with E-state index >= 15 is 0 Å². The van der Waals surface area contributed by atoms with Gasteiger partial charge in [-0.15, -0.1) is 0 Å². The molecular formula is C17H26FN. The van der Waals surface area contributed by atoms with E-state index in [1.165, 1.54) is 25.7 Å². The molecule has 0 spiro atoms. The molecular weight excluding hydrogens is 237 g/mol. The Labute approximate surface area is 116 Å². The zero-order valence-corrected chi connectivity index (χ0v) is 12.2. The summed E-state index contributed by atoms with van der Waals surface area (Å²) in [4.78, 5) is 0. The Hall–Kier alpha value is -0.890. The Kier molecular flexibility index (Phi) is 5.38. The average Bonchev–Trinajstić information content (AvgIpc) is 2.41. The number of nitrogens with one attached hydrogen (secondary N) is 1. The first-order valence-corrected chi connectivity index (χ1v) is 7.63. The number of rotatable bonds is 5. The largest absolute Gasteiger partial charge is 0.314 e. The van der Waals surface area contributed by atoms with Gasteiger partial charge in [0.05, 0.1) is 0 Å². The summed E-state index contributed by atoms with van der Waals surface area (Å²) < 4.78 is 13.5. The molecule has 1 aliphatic rings. The van der Waals surface area contributed by atoms with Crippen molar-refractivity contribution in [3.8, 4) is 0 Å². The molecule has 0 bridgehead atoms. The van der Waals surface area contributed by atoms with Gasteiger partial charge in [-0.3, -0.25) is 0 Å². The number of halogens is 1. The maximum absolute atomic E-state index is 13.5. The van der Waals surface area contributed by atoms with Crippen LogP contribution in [0.15, 0.2) is 24.3 Å². The zero-order chi connectivity index (χ0) is 13.7. The summed E-state index contributed by atoms with van der Waals surface area (Å²) in [5, 5.41) is 3.62. The van der Waals surface area contributed by atoms with Crippen LogP contribution in [0.4, 0.5) is 4.39 Å². The van der Waals surface area contributed by atoms with Crippen molar-refractivity contribution >= 4 is 0 Å². The van der Waals surface area contributed by atoms with Crippen molar-refractivity contribution in [3.63, 3.8) is 0 Å². The Balaban J connectivity index is 1.75. The van der Waals surface area contributed by atoms with Crippen LogP contribution in [0.3, 0.4) is 0 Å². The first-order chi connectivity index (χ1) is 9.16. The molecule has 2 heteroatoms. The minimum Gasteiger partial charge on any atom is -0.314 e. The molecule has 19 heavy (non-hydrogen) atoms. The summed E-state index contributed by atoms with van der Waals surface area (Å²) in [6.07, 6.45) is 6.06. The molecule has 1 aliphatic carbocycles. The van der Waals surface area contributed by atoms with Crippen LogP contribution in [-0.2, 0) is 6.42 Å². The molecule has 0 heterocycles. The second-order valence-electron chi connectivity index (χ2n) is 6.16. The summed E-state index contributed by atoms with van der Waals surface area (Å²) in [5.41, 5.74) is 0.825. The van der Waals surface area contributed by atoms with E-state index in [-0.39, 0.29) is 5.82 Å². The van der Waals surface area contributed by atoms with Gasteiger partial charge in [0.25, 0.3) is 0 Å². The first-order valence-electron chi connectivity index (χ1n) is 7.63. The van der Waals surface area contributed by atoms with Gasteiger partial charge in [-0.1, -0.05) is 44.9 Å². The lowest BCUT2D eigenvalue weighted by Crippen LogP contribution is -2.36. The van der Waals surface area contributed by atoms with Crippen molar-refractivity contribution in [2.45, 2.75) is 52.0 Å². The van der Waals surface area contributed by atoms with E-state index < -0.39 is 0 Å². The van der Waals surface area contributed by atoms with Gasteiger partial charge in [-0.2, -0.15) is 0 Å². The third-order valence-corrected chi connectivity index (χ3v) is 4.44. The standard InChI is InChI=1S/C17H26FN/c1-13(2)15-7-5-8-16(12-15)19-11-10-14-6-3-4-9-17(14)18/h3-4,6,9,13,15-16,19H,5,7-8,10-12H2,1-2H3. The topological polar surface area (TPSA) is 12.0 Å². The quantitative estimate of drug-likeness (QED) is 0.840. The van der Waals surface area contributed by atoms with Crippen LogP contribution < -0.4 is 5.32 Å². The lowest BCUT2D eigenvalue weighted by atomic mass is 9.79. The highest BCUT2D eigenvalue weighted by Crippen LogP contribution is 2.29. The minimum absolute atomic E-state index is 0.0759. The predicted octanol–water partition coefficient (Wildman–Crippen LogP) is 4.17. The van der Waals surface area contributed by atoms with Crippen molar-refractivity contribution in [1.29, 1.82) is 0 Å². The summed E-state index contributed by atoms with van der Waals surface area (Å²) in [6, 6.07) is 7.72. The molecule has 1 nitrogen and oxygen atoms in total. The molecule has 106 valence electrons. The second kappa shape index (κ2) is 7.04. The Bertz CT molecular complexity index is 389. The summed E-state index contributed by atoms with van der Waals surface area (Å²) >= 11 is 0. The van der Waals surface area contributed by atoms with Crippen molar-refractivity contribution in [1.82, 2.24) is 5.32 Å². The molecule has 2 rings (SSSR count). The van der Waals surface area contributed by atoms with Gasteiger partial charge in [0, 0.05) is 6.04 Å². The number of hydrogen-bond donors (Lipinski definition) is 1. The highest BCUT2D eigenvalue weighted by molar-refractivity contribution is 5.17. The van der Waals surface area contributed by atoms with Crippen LogP contribution in [0.25, 0.3) is 0 Å². The van der Waals surface area contributed by atoms with E-state index in [0.717, 1.165) is 30.4 Å². The molecule has 2 atom stereocenters. The molecule has 0 amide bonds. The SMILES string of the molecule is CC(C)C1CCCC(NCCc2ccccc2F)C1. The molecule has 1 aromatic carbocycles. The fourth-order valence-corrected chi connectivity index (χ4v) is 3.13. The maximum atomic E-state index is 13.5. The molecule has 0 aromatic heterocycles. The van der Waals surface area contributed by atoms with Crippen molar-refractivity contribution < 1.29 is 4.39 Å². The van der Waals surface area contributed by atoms with Crippen LogP contribution in [0, 0.1) is 17.7 Å². The second-order valence-corrected chi connectivity index (χ2v) is 6.16. The maximum Gasteiger partial charge on any atom is 0.126 e. The molecule has 0 aliphatic heterocycles. The number of hydrogen-bond acceptors (Lipinski definition) is 1. The third kappa shape index (κ3) is 4.31. The fraction of sp³-hybridized carbons (Fsp3) is 0.647. The smallest absolute Gasteiger partial charge is 0.126 e. The minimum atomic E-state index is -0.0759. The van der Waals surface area contributed by atoms with Crippen LogP contribution >= 0.6 is 0 Å². The molecule has 0 radical (unpaired) electrons. The van der Waals surface area contributed by atoms with Gasteiger partial charge >= 0.3 is 0 Å². The van der Waals surface area contributed by atoms with Gasteiger partial charge < -0.3 is 5.32 Å². The zero-order valence-electron chi connectivity index (χ0n) is 12.2. The molecule has 2 unspecified atom stereocenters. The van der Waals surface area contributed by atoms with Gasteiger partial charge in [0.1, 0.15) is 5.82 Å². The van der Waals surface area contributed by atoms with Crippen LogP contribution in [0.5, 0.6) is 0 Å². The lowest BCUT2D eigenvalue weighted by Gasteiger charge is -2.32. The highest BCUT2D eigenvalue weighted by Gasteiger charge is 2.23. The van der Waals surface area contributed by atoms with E-state index in [9.17, 15) is 4.39 Å². The Morgan fingerprint density at radius 1 is 1.26 bits per heavy atom. The number of benzene rings is 1. The third-order valence-electron chi connectivity index (χ3n) is 4.44. The van der Waals surface area contributed by atoms with Crippen LogP contribution in [0.2, 0.25) is 0 Å².